The van der Waals surface area contributed by atoms with Crippen LogP contribution in [0.4, 0.5) is 0 Å². The number of para-hydroxylation sites is 1. The molecule has 73 heavy (non-hydrogen) atoms. The number of aliphatic imine (C=N–C) groups is 1. The zero-order chi connectivity index (χ0) is 53.6. The van der Waals surface area contributed by atoms with Crippen LogP contribution in [0.15, 0.2) is 59.7 Å². The maximum absolute atomic E-state index is 14.0. The molecule has 0 spiro atoms. The largest absolute Gasteiger partial charge is 0.508 e. The summed E-state index contributed by atoms with van der Waals surface area (Å²) < 4.78 is 0. The number of aromatic nitrogens is 1. The van der Waals surface area contributed by atoms with E-state index in [2.05, 4.69) is 41.9 Å². The van der Waals surface area contributed by atoms with Gasteiger partial charge in [-0.1, -0.05) is 63.9 Å². The van der Waals surface area contributed by atoms with Gasteiger partial charge in [0.15, 0.2) is 5.96 Å². The highest BCUT2D eigenvalue weighted by Crippen LogP contribution is 2.22. The number of carbonyl (C=O) groups is 8. The standard InChI is InChI=1S/C49H74N14O10/c1-4-5-8-21-63(53)40(24-31-25-55-34-12-7-6-11-33(31)34)47(72)61-38(28-64)45(70)60-37(23-30-15-17-32(65)18-16-30)43(68)57-27-42(67)58-36(22-29(2)3)44(69)59-35(13-9-19-54-49(51)52)48(73)62-20-10-14-39(62)46(71)56-26-41(50)66/h6-7,11-12,15-18,25,29,35-40,55,64-65H,4-5,8-10,13-14,19-24,26-28,53H2,1-3H3,(H2,50,66)(H,56,71)(H,57,68)(H,58,67)(H,59,69)(H,60,70)(H,61,72)(H4,51,52,54)/t35?,36?,37?,38?,39-,40?/m0/s1. The van der Waals surface area contributed by atoms with Crippen LogP contribution < -0.4 is 54.9 Å². The first-order chi connectivity index (χ1) is 34.8. The number of benzene rings is 2. The number of hydrogen-bond donors (Lipinski definition) is 13. The average Bonchev–Trinajstić information content (AvgIpc) is 4.02. The van der Waals surface area contributed by atoms with Gasteiger partial charge in [-0.2, -0.15) is 0 Å². The Balaban J connectivity index is 1.48. The van der Waals surface area contributed by atoms with Crippen LogP contribution in [-0.2, 0) is 51.2 Å². The first-order valence-corrected chi connectivity index (χ1v) is 24.7. The summed E-state index contributed by atoms with van der Waals surface area (Å²) in [6.07, 6.45) is 5.51. The number of likely N-dealkylation sites (tertiary alicyclic amines) is 1. The van der Waals surface area contributed by atoms with Crippen molar-refractivity contribution < 1.29 is 48.6 Å². The van der Waals surface area contributed by atoms with Crippen LogP contribution >= 0.6 is 0 Å². The van der Waals surface area contributed by atoms with Crippen molar-refractivity contribution in [3.63, 3.8) is 0 Å². The Morgan fingerprint density at radius 2 is 1.49 bits per heavy atom. The van der Waals surface area contributed by atoms with E-state index in [1.807, 2.05) is 45.0 Å². The normalized spacial score (nSPS) is 15.4. The van der Waals surface area contributed by atoms with Crippen molar-refractivity contribution in [3.05, 3.63) is 65.9 Å². The molecule has 400 valence electrons. The number of H-pyrrole nitrogens is 1. The SMILES string of the molecule is CCCCCN(N)C(Cc1c[nH]c2ccccc12)C(=O)NC(CO)C(=O)NC(Cc1ccc(O)cc1)C(=O)NCC(=O)NC(CC(C)C)C(=O)NC(CCCN=C(N)N)C(=O)N1CCC[C@H]1C(=O)NCC(N)=O. The minimum Gasteiger partial charge on any atom is -0.508 e. The van der Waals surface area contributed by atoms with Crippen LogP contribution in [-0.4, -0.2) is 154 Å². The van der Waals surface area contributed by atoms with Crippen molar-refractivity contribution in [1.29, 1.82) is 0 Å². The van der Waals surface area contributed by atoms with Crippen molar-refractivity contribution in [3.8, 4) is 5.75 Å². The van der Waals surface area contributed by atoms with Crippen molar-refractivity contribution >= 4 is 64.1 Å². The van der Waals surface area contributed by atoms with Gasteiger partial charge < -0.3 is 69.2 Å². The van der Waals surface area contributed by atoms with E-state index in [-0.39, 0.29) is 62.8 Å². The van der Waals surface area contributed by atoms with Crippen molar-refractivity contribution in [1.82, 2.24) is 46.8 Å². The highest BCUT2D eigenvalue weighted by Gasteiger charge is 2.39. The van der Waals surface area contributed by atoms with E-state index in [4.69, 9.17) is 23.0 Å². The van der Waals surface area contributed by atoms with Crippen molar-refractivity contribution in [2.45, 2.75) is 121 Å². The molecular weight excluding hydrogens is 945 g/mol. The number of nitrogens with one attached hydrogen (secondary N) is 7. The second-order valence-corrected chi connectivity index (χ2v) is 18.6. The summed E-state index contributed by atoms with van der Waals surface area (Å²) in [5.41, 5.74) is 18.3. The molecule has 2 aromatic carbocycles. The van der Waals surface area contributed by atoms with Gasteiger partial charge in [-0.05, 0) is 73.8 Å². The molecule has 1 aromatic heterocycles. The number of phenolic OH excluding ortho intramolecular Hbond substituents is 1. The topological polar surface area (TPSA) is 388 Å². The Hall–Kier alpha value is -7.31. The van der Waals surface area contributed by atoms with Crippen molar-refractivity contribution in [2.24, 2.45) is 34.0 Å². The van der Waals surface area contributed by atoms with Gasteiger partial charge in [0, 0.05) is 49.6 Å². The van der Waals surface area contributed by atoms with E-state index in [1.54, 1.807) is 6.20 Å². The molecule has 1 aliphatic heterocycles. The predicted octanol–water partition coefficient (Wildman–Crippen LogP) is -1.87. The molecule has 1 saturated heterocycles. The van der Waals surface area contributed by atoms with Gasteiger partial charge >= 0.3 is 0 Å². The number of unbranched alkanes of at least 4 members (excludes halogenated alkanes) is 2. The van der Waals surface area contributed by atoms with Gasteiger partial charge in [0.25, 0.3) is 0 Å². The van der Waals surface area contributed by atoms with Gasteiger partial charge in [0.1, 0.15) is 42.0 Å². The highest BCUT2D eigenvalue weighted by atomic mass is 16.3. The van der Waals surface area contributed by atoms with Crippen LogP contribution in [0.1, 0.15) is 83.3 Å². The van der Waals surface area contributed by atoms with E-state index < -0.39 is 103 Å². The second-order valence-electron chi connectivity index (χ2n) is 18.6. The smallest absolute Gasteiger partial charge is 0.245 e. The zero-order valence-corrected chi connectivity index (χ0v) is 41.9. The summed E-state index contributed by atoms with van der Waals surface area (Å²) in [5.74, 6) is 0.307. The molecule has 6 atom stereocenters. The van der Waals surface area contributed by atoms with E-state index in [1.165, 1.54) is 34.2 Å². The number of fused-ring (bicyclic) bond motifs is 1. The Kier molecular flexibility index (Phi) is 23.4. The van der Waals surface area contributed by atoms with Gasteiger partial charge in [-0.3, -0.25) is 49.2 Å². The number of rotatable bonds is 30. The maximum Gasteiger partial charge on any atom is 0.245 e. The molecule has 4 rings (SSSR count). The Labute approximate surface area is 424 Å². The lowest BCUT2D eigenvalue weighted by Gasteiger charge is -2.30. The third kappa shape index (κ3) is 18.7. The minimum absolute atomic E-state index is 0.0503. The first kappa shape index (κ1) is 58.3. The number of aliphatic hydroxyl groups is 1. The number of hydrazine groups is 1. The number of aliphatic hydroxyl groups excluding tert-OH is 1. The number of hydrogen-bond acceptors (Lipinski definition) is 13. The summed E-state index contributed by atoms with van der Waals surface area (Å²) in [4.78, 5) is 116. The number of nitrogens with two attached hydrogens (primary N) is 4. The molecule has 0 aliphatic carbocycles. The van der Waals surface area contributed by atoms with E-state index in [0.717, 1.165) is 29.3 Å². The van der Waals surface area contributed by atoms with Crippen molar-refractivity contribution in [2.75, 3.05) is 39.3 Å². The Morgan fingerprint density at radius 1 is 0.808 bits per heavy atom. The zero-order valence-electron chi connectivity index (χ0n) is 41.9. The molecule has 0 saturated carbocycles. The lowest BCUT2D eigenvalue weighted by Crippen LogP contribution is -2.60. The molecule has 1 aliphatic rings. The molecule has 17 N–H and O–H groups in total. The van der Waals surface area contributed by atoms with E-state index in [0.29, 0.717) is 31.4 Å². The number of amides is 8. The third-order valence-corrected chi connectivity index (χ3v) is 12.3. The quantitative estimate of drug-likeness (QED) is 0.0115. The number of aromatic hydroxyl groups is 1. The minimum atomic E-state index is -1.53. The average molecular weight is 1020 g/mol. The maximum atomic E-state index is 14.0. The number of nitrogens with zero attached hydrogens (tertiary/aromatic N) is 3. The first-order valence-electron chi connectivity index (χ1n) is 24.7. The fourth-order valence-electron chi connectivity index (χ4n) is 8.45. The van der Waals surface area contributed by atoms with Crippen LogP contribution in [0.5, 0.6) is 5.75 Å². The molecule has 8 amide bonds. The molecule has 24 nitrogen and oxygen atoms in total. The molecule has 5 unspecified atom stereocenters. The predicted molar refractivity (Wildman–Crippen MR) is 272 cm³/mol. The van der Waals surface area contributed by atoms with Gasteiger partial charge in [0.2, 0.25) is 47.3 Å². The third-order valence-electron chi connectivity index (χ3n) is 12.3. The summed E-state index contributed by atoms with van der Waals surface area (Å²) in [6.45, 7) is 4.42. The molecule has 3 aromatic rings. The molecule has 24 heteroatoms. The summed E-state index contributed by atoms with van der Waals surface area (Å²) >= 11 is 0. The van der Waals surface area contributed by atoms with E-state index >= 15 is 0 Å². The molecule has 0 radical (unpaired) electrons. The van der Waals surface area contributed by atoms with Gasteiger partial charge in [-0.15, -0.1) is 0 Å². The lowest BCUT2D eigenvalue weighted by molar-refractivity contribution is -0.142. The lowest BCUT2D eigenvalue weighted by atomic mass is 10.0. The second kappa shape index (κ2) is 29.3. The number of carbonyl (C=O) groups excluding carboxylic acids is 8. The van der Waals surface area contributed by atoms with Crippen LogP contribution in [0.25, 0.3) is 10.9 Å². The number of phenols is 1. The number of aromatic amines is 1. The molecule has 2 heterocycles. The van der Waals surface area contributed by atoms with E-state index in [9.17, 15) is 48.6 Å². The highest BCUT2D eigenvalue weighted by molar-refractivity contribution is 5.97. The summed E-state index contributed by atoms with van der Waals surface area (Å²) in [7, 11) is 0. The number of primary amides is 1. The summed E-state index contributed by atoms with van der Waals surface area (Å²) in [5, 5.41) is 38.2. The molecule has 1 fully saturated rings. The fraction of sp³-hybridized carbons (Fsp3) is 0.531. The van der Waals surface area contributed by atoms with Gasteiger partial charge in [0.05, 0.1) is 19.7 Å². The van der Waals surface area contributed by atoms with Crippen LogP contribution in [0.3, 0.4) is 0 Å². The van der Waals surface area contributed by atoms with Crippen LogP contribution in [0, 0.1) is 5.92 Å². The van der Waals surface area contributed by atoms with Gasteiger partial charge in [-0.25, -0.2) is 5.01 Å². The fourth-order valence-corrected chi connectivity index (χ4v) is 8.45. The Bertz CT molecular complexity index is 2370. The molecular formula is C49H74N14O10. The monoisotopic (exact) mass is 1020 g/mol. The Morgan fingerprint density at radius 3 is 2.16 bits per heavy atom. The number of guanidine groups is 1. The van der Waals surface area contributed by atoms with Crippen LogP contribution in [0.2, 0.25) is 0 Å². The summed E-state index contributed by atoms with van der Waals surface area (Å²) in [6, 6.07) is 6.21. The molecule has 0 bridgehead atoms.